The van der Waals surface area contributed by atoms with Crippen LogP contribution in [0.5, 0.6) is 11.5 Å². The van der Waals surface area contributed by atoms with Crippen molar-refractivity contribution in [2.45, 2.75) is 12.6 Å². The van der Waals surface area contributed by atoms with E-state index < -0.39 is 22.4 Å². The lowest BCUT2D eigenvalue weighted by Gasteiger charge is -2.36. The summed E-state index contributed by atoms with van der Waals surface area (Å²) in [6, 6.07) is 7.84. The van der Waals surface area contributed by atoms with Crippen LogP contribution in [0, 0.1) is 10.1 Å². The van der Waals surface area contributed by atoms with Gasteiger partial charge in [-0.25, -0.2) is 0 Å². The molecule has 0 atom stereocenters. The molecule has 0 radical (unpaired) electrons. The minimum Gasteiger partial charge on any atom is -0.486 e. The molecule has 4 rings (SSSR count). The Morgan fingerprint density at radius 1 is 1.00 bits per heavy atom. The van der Waals surface area contributed by atoms with Crippen molar-refractivity contribution in [2.24, 2.45) is 0 Å². The third kappa shape index (κ3) is 4.56. The molecule has 2 heterocycles. The number of ether oxygens (including phenoxy) is 2. The summed E-state index contributed by atoms with van der Waals surface area (Å²) in [7, 11) is 0. The quantitative estimate of drug-likeness (QED) is 0.524. The van der Waals surface area contributed by atoms with Crippen LogP contribution in [-0.4, -0.2) is 55.1 Å². The lowest BCUT2D eigenvalue weighted by Crippen LogP contribution is -2.49. The molecular formula is C21H20F3N3O5. The minimum atomic E-state index is -4.66. The van der Waals surface area contributed by atoms with Gasteiger partial charge in [-0.05, 0) is 29.8 Å². The number of nitro benzene ring substituents is 1. The molecule has 11 heteroatoms. The Morgan fingerprint density at radius 3 is 2.34 bits per heavy atom. The molecule has 0 aliphatic carbocycles. The van der Waals surface area contributed by atoms with E-state index in [1.165, 1.54) is 0 Å². The summed E-state index contributed by atoms with van der Waals surface area (Å²) in [6.07, 6.45) is -4.50. The molecule has 2 aromatic rings. The van der Waals surface area contributed by atoms with Crippen molar-refractivity contribution in [1.82, 2.24) is 4.90 Å². The highest BCUT2D eigenvalue weighted by Crippen LogP contribution is 2.37. The zero-order valence-corrected chi connectivity index (χ0v) is 16.9. The highest BCUT2D eigenvalue weighted by molar-refractivity contribution is 5.79. The van der Waals surface area contributed by atoms with E-state index in [9.17, 15) is 28.1 Å². The van der Waals surface area contributed by atoms with Crippen LogP contribution < -0.4 is 14.4 Å². The highest BCUT2D eigenvalue weighted by Gasteiger charge is 2.34. The molecule has 170 valence electrons. The molecule has 2 aliphatic rings. The average molecular weight is 451 g/mol. The maximum Gasteiger partial charge on any atom is 0.416 e. The van der Waals surface area contributed by atoms with Gasteiger partial charge in [0.25, 0.3) is 5.69 Å². The van der Waals surface area contributed by atoms with Crippen molar-refractivity contribution >= 4 is 17.3 Å². The molecule has 0 bridgehead atoms. The molecule has 0 N–H and O–H groups in total. The van der Waals surface area contributed by atoms with E-state index in [0.29, 0.717) is 43.9 Å². The van der Waals surface area contributed by atoms with Crippen molar-refractivity contribution in [3.05, 3.63) is 57.6 Å². The van der Waals surface area contributed by atoms with E-state index >= 15 is 0 Å². The summed E-state index contributed by atoms with van der Waals surface area (Å²) in [5.41, 5.74) is -0.779. The molecule has 1 fully saturated rings. The van der Waals surface area contributed by atoms with Crippen LogP contribution in [0.4, 0.5) is 24.5 Å². The first-order valence-electron chi connectivity index (χ1n) is 9.99. The molecule has 0 aromatic heterocycles. The van der Waals surface area contributed by atoms with Crippen LogP contribution in [0.2, 0.25) is 0 Å². The number of hydrogen-bond donors (Lipinski definition) is 0. The van der Waals surface area contributed by atoms with Crippen molar-refractivity contribution < 1.29 is 32.4 Å². The number of benzene rings is 2. The van der Waals surface area contributed by atoms with Gasteiger partial charge in [-0.15, -0.1) is 0 Å². The SMILES string of the molecule is O=C(Cc1ccc2c(c1)OCCO2)N1CCN(c2ccc(C(F)(F)F)cc2[N+](=O)[O-])CC1. The second-order valence-electron chi connectivity index (χ2n) is 7.48. The van der Waals surface area contributed by atoms with Crippen LogP contribution in [0.25, 0.3) is 0 Å². The number of fused-ring (bicyclic) bond motifs is 1. The first-order valence-corrected chi connectivity index (χ1v) is 9.99. The predicted molar refractivity (Wildman–Crippen MR) is 108 cm³/mol. The maximum absolute atomic E-state index is 12.9. The lowest BCUT2D eigenvalue weighted by molar-refractivity contribution is -0.384. The van der Waals surface area contributed by atoms with Crippen molar-refractivity contribution in [1.29, 1.82) is 0 Å². The Balaban J connectivity index is 1.41. The van der Waals surface area contributed by atoms with Gasteiger partial charge in [-0.2, -0.15) is 13.2 Å². The van der Waals surface area contributed by atoms with Gasteiger partial charge in [0.15, 0.2) is 11.5 Å². The highest BCUT2D eigenvalue weighted by atomic mass is 19.4. The molecule has 2 aliphatic heterocycles. The third-order valence-corrected chi connectivity index (χ3v) is 5.43. The van der Waals surface area contributed by atoms with Gasteiger partial charge in [-0.1, -0.05) is 6.07 Å². The summed E-state index contributed by atoms with van der Waals surface area (Å²) in [5, 5.41) is 11.3. The van der Waals surface area contributed by atoms with E-state index in [2.05, 4.69) is 0 Å². The Morgan fingerprint density at radius 2 is 1.69 bits per heavy atom. The second kappa shape index (κ2) is 8.56. The van der Waals surface area contributed by atoms with Gasteiger partial charge >= 0.3 is 6.18 Å². The molecule has 2 aromatic carbocycles. The molecule has 1 saturated heterocycles. The Hall–Kier alpha value is -3.50. The summed E-state index contributed by atoms with van der Waals surface area (Å²) < 4.78 is 49.8. The van der Waals surface area contributed by atoms with Gasteiger partial charge in [0.05, 0.1) is 16.9 Å². The smallest absolute Gasteiger partial charge is 0.416 e. The van der Waals surface area contributed by atoms with E-state index in [-0.39, 0.29) is 31.1 Å². The number of halogens is 3. The second-order valence-corrected chi connectivity index (χ2v) is 7.48. The zero-order valence-electron chi connectivity index (χ0n) is 16.9. The number of nitro groups is 1. The van der Waals surface area contributed by atoms with E-state index in [4.69, 9.17) is 9.47 Å². The van der Waals surface area contributed by atoms with Gasteiger partial charge in [0.1, 0.15) is 18.9 Å². The number of hydrogen-bond acceptors (Lipinski definition) is 6. The van der Waals surface area contributed by atoms with Crippen molar-refractivity contribution in [3.63, 3.8) is 0 Å². The van der Waals surface area contributed by atoms with Gasteiger partial charge < -0.3 is 19.3 Å². The first kappa shape index (κ1) is 21.7. The molecule has 8 nitrogen and oxygen atoms in total. The lowest BCUT2D eigenvalue weighted by atomic mass is 10.1. The third-order valence-electron chi connectivity index (χ3n) is 5.43. The minimum absolute atomic E-state index is 0.108. The summed E-state index contributed by atoms with van der Waals surface area (Å²) in [5.74, 6) is 1.13. The summed E-state index contributed by atoms with van der Waals surface area (Å²) >= 11 is 0. The fourth-order valence-electron chi connectivity index (χ4n) is 3.79. The van der Waals surface area contributed by atoms with Gasteiger partial charge in [0.2, 0.25) is 5.91 Å². The van der Waals surface area contributed by atoms with Crippen LogP contribution in [0.15, 0.2) is 36.4 Å². The topological polar surface area (TPSA) is 85.2 Å². The fourth-order valence-corrected chi connectivity index (χ4v) is 3.79. The van der Waals surface area contributed by atoms with Crippen LogP contribution in [0.1, 0.15) is 11.1 Å². The van der Waals surface area contributed by atoms with E-state index in [1.807, 2.05) is 0 Å². The largest absolute Gasteiger partial charge is 0.486 e. The molecule has 32 heavy (non-hydrogen) atoms. The van der Waals surface area contributed by atoms with Crippen LogP contribution in [-0.2, 0) is 17.4 Å². The number of piperazine rings is 1. The Bertz CT molecular complexity index is 1040. The van der Waals surface area contributed by atoms with Gasteiger partial charge in [-0.3, -0.25) is 14.9 Å². The zero-order chi connectivity index (χ0) is 22.9. The maximum atomic E-state index is 12.9. The molecule has 0 spiro atoms. The van der Waals surface area contributed by atoms with Crippen LogP contribution in [0.3, 0.4) is 0 Å². The number of nitrogens with zero attached hydrogens (tertiary/aromatic N) is 3. The summed E-state index contributed by atoms with van der Waals surface area (Å²) in [4.78, 5) is 26.5. The summed E-state index contributed by atoms with van der Waals surface area (Å²) in [6.45, 7) is 2.09. The number of amides is 1. The van der Waals surface area contributed by atoms with E-state index in [0.717, 1.165) is 17.7 Å². The van der Waals surface area contributed by atoms with Crippen LogP contribution >= 0.6 is 0 Å². The molecule has 0 saturated carbocycles. The number of carbonyl (C=O) groups is 1. The molecule has 0 unspecified atom stereocenters. The molecule has 1 amide bonds. The fraction of sp³-hybridized carbons (Fsp3) is 0.381. The predicted octanol–water partition coefficient (Wildman–Crippen LogP) is 3.28. The first-order chi connectivity index (χ1) is 15.2. The van der Waals surface area contributed by atoms with E-state index in [1.54, 1.807) is 28.0 Å². The Labute approximate surface area is 181 Å². The number of anilines is 1. The standard InChI is InChI=1S/C21H20F3N3O5/c22-21(23,24)15-2-3-16(17(13-15)27(29)30)25-5-7-26(8-6-25)20(28)12-14-1-4-18-19(11-14)32-10-9-31-18/h1-4,11,13H,5-10,12H2. The normalized spacial score (nSPS) is 16.1. The number of alkyl halides is 3. The Kier molecular flexibility index (Phi) is 5.81. The van der Waals surface area contributed by atoms with Crippen molar-refractivity contribution in [3.8, 4) is 11.5 Å². The van der Waals surface area contributed by atoms with Crippen molar-refractivity contribution in [2.75, 3.05) is 44.3 Å². The number of carbonyl (C=O) groups excluding carboxylic acids is 1. The monoisotopic (exact) mass is 451 g/mol. The number of rotatable bonds is 4. The average Bonchev–Trinajstić information content (AvgIpc) is 2.78. The van der Waals surface area contributed by atoms with Gasteiger partial charge in [0, 0.05) is 32.2 Å². The molecular weight excluding hydrogens is 431 g/mol.